The van der Waals surface area contributed by atoms with E-state index in [1.807, 2.05) is 11.6 Å². The molecule has 0 spiro atoms. The Balaban J connectivity index is 1.85. The summed E-state index contributed by atoms with van der Waals surface area (Å²) in [7, 11) is 2.16. The maximum absolute atomic E-state index is 4.93. The van der Waals surface area contributed by atoms with E-state index in [2.05, 4.69) is 65.2 Å². The lowest BCUT2D eigenvalue weighted by Crippen LogP contribution is -2.45. The smallest absolute Gasteiger partial charge is 0.179 e. The third kappa shape index (κ3) is 2.76. The zero-order valence-corrected chi connectivity index (χ0v) is 15.3. The number of aryl methyl sites for hydroxylation is 3. The lowest BCUT2D eigenvalue weighted by atomic mass is 10.2. The molecule has 0 N–H and O–H groups in total. The van der Waals surface area contributed by atoms with Gasteiger partial charge >= 0.3 is 0 Å². The summed E-state index contributed by atoms with van der Waals surface area (Å²) in [5.74, 6) is 0.905. The Morgan fingerprint density at radius 1 is 0.880 bits per heavy atom. The number of piperazine rings is 1. The molecule has 0 aliphatic carbocycles. The minimum absolute atomic E-state index is 0.905. The Morgan fingerprint density at radius 3 is 2.24 bits per heavy atom. The van der Waals surface area contributed by atoms with Crippen molar-refractivity contribution < 1.29 is 0 Å². The van der Waals surface area contributed by atoms with Crippen LogP contribution in [0.25, 0.3) is 16.6 Å². The molecule has 0 amide bonds. The molecule has 1 aromatic carbocycles. The fourth-order valence-electron chi connectivity index (χ4n) is 3.48. The summed E-state index contributed by atoms with van der Waals surface area (Å²) in [6, 6.07) is 8.46. The first kappa shape index (κ1) is 16.0. The molecule has 0 bridgehead atoms. The van der Waals surface area contributed by atoms with E-state index in [-0.39, 0.29) is 0 Å². The molecule has 0 radical (unpaired) electrons. The minimum atomic E-state index is 0.905. The summed E-state index contributed by atoms with van der Waals surface area (Å²) in [6.45, 7) is 10.2. The topological polar surface area (TPSA) is 50.1 Å². The van der Waals surface area contributed by atoms with Gasteiger partial charge in [-0.25, -0.2) is 4.68 Å². The van der Waals surface area contributed by atoms with E-state index in [0.29, 0.717) is 0 Å². The van der Waals surface area contributed by atoms with E-state index in [9.17, 15) is 0 Å². The number of nitrogens with zero attached hydrogens (tertiary/aromatic N) is 6. The molecule has 6 heteroatoms. The summed E-state index contributed by atoms with van der Waals surface area (Å²) < 4.78 is 2.01. The van der Waals surface area contributed by atoms with Crippen LogP contribution in [0.15, 0.2) is 24.3 Å². The molecule has 130 valence electrons. The molecule has 1 fully saturated rings. The number of anilines is 1. The molecule has 1 aliphatic heterocycles. The molecule has 25 heavy (non-hydrogen) atoms. The summed E-state index contributed by atoms with van der Waals surface area (Å²) in [5.41, 5.74) is 5.32. The average molecular weight is 336 g/mol. The SMILES string of the molecule is Cc1ccc(-n2nc3c(N4CCN(C)CC4)nnc(C)c3c2C)cc1. The second-order valence-corrected chi connectivity index (χ2v) is 6.96. The molecular weight excluding hydrogens is 312 g/mol. The molecule has 4 rings (SSSR count). The van der Waals surface area contributed by atoms with Crippen LogP contribution in [0.4, 0.5) is 5.82 Å². The summed E-state index contributed by atoms with van der Waals surface area (Å²) in [4.78, 5) is 4.65. The second-order valence-electron chi connectivity index (χ2n) is 6.96. The molecule has 6 nitrogen and oxygen atoms in total. The fraction of sp³-hybridized carbons (Fsp3) is 0.421. The van der Waals surface area contributed by atoms with Crippen LogP contribution in [0, 0.1) is 20.8 Å². The van der Waals surface area contributed by atoms with Gasteiger partial charge in [-0.05, 0) is 40.0 Å². The quantitative estimate of drug-likeness (QED) is 0.720. The van der Waals surface area contributed by atoms with Crippen LogP contribution in [0.1, 0.15) is 17.0 Å². The largest absolute Gasteiger partial charge is 0.351 e. The molecule has 3 aromatic rings. The van der Waals surface area contributed by atoms with E-state index < -0.39 is 0 Å². The van der Waals surface area contributed by atoms with Crippen molar-refractivity contribution in [1.29, 1.82) is 0 Å². The van der Waals surface area contributed by atoms with Gasteiger partial charge in [0.2, 0.25) is 0 Å². The van der Waals surface area contributed by atoms with Crippen molar-refractivity contribution in [2.75, 3.05) is 38.1 Å². The van der Waals surface area contributed by atoms with Crippen LogP contribution in [0.3, 0.4) is 0 Å². The number of rotatable bonds is 2. The van der Waals surface area contributed by atoms with Gasteiger partial charge in [-0.15, -0.1) is 5.10 Å². The third-order valence-electron chi connectivity index (χ3n) is 5.07. The fourth-order valence-corrected chi connectivity index (χ4v) is 3.48. The van der Waals surface area contributed by atoms with E-state index >= 15 is 0 Å². The lowest BCUT2D eigenvalue weighted by molar-refractivity contribution is 0.312. The zero-order chi connectivity index (χ0) is 17.6. The van der Waals surface area contributed by atoms with Gasteiger partial charge in [-0.1, -0.05) is 17.7 Å². The summed E-state index contributed by atoms with van der Waals surface area (Å²) >= 11 is 0. The molecule has 0 atom stereocenters. The van der Waals surface area contributed by atoms with Crippen molar-refractivity contribution in [3.8, 4) is 5.69 Å². The van der Waals surface area contributed by atoms with Crippen molar-refractivity contribution >= 4 is 16.7 Å². The highest BCUT2D eigenvalue weighted by Gasteiger charge is 2.22. The number of likely N-dealkylation sites (N-methyl/N-ethyl adjacent to an activating group) is 1. The lowest BCUT2D eigenvalue weighted by Gasteiger charge is -2.32. The Bertz CT molecular complexity index is 904. The number of hydrogen-bond acceptors (Lipinski definition) is 5. The Labute approximate surface area is 148 Å². The average Bonchev–Trinajstić information content (AvgIpc) is 2.95. The van der Waals surface area contributed by atoms with Crippen LogP contribution in [0.5, 0.6) is 0 Å². The number of benzene rings is 1. The normalized spacial score (nSPS) is 15.9. The minimum Gasteiger partial charge on any atom is -0.351 e. The Morgan fingerprint density at radius 2 is 1.56 bits per heavy atom. The van der Waals surface area contributed by atoms with E-state index in [4.69, 9.17) is 5.10 Å². The number of aromatic nitrogens is 4. The molecule has 1 aliphatic rings. The third-order valence-corrected chi connectivity index (χ3v) is 5.07. The molecule has 2 aromatic heterocycles. The number of fused-ring (bicyclic) bond motifs is 1. The first-order valence-electron chi connectivity index (χ1n) is 8.78. The first-order chi connectivity index (χ1) is 12.0. The Hall–Kier alpha value is -2.47. The zero-order valence-electron chi connectivity index (χ0n) is 15.3. The van der Waals surface area contributed by atoms with Gasteiger partial charge in [-0.2, -0.15) is 10.2 Å². The van der Waals surface area contributed by atoms with Gasteiger partial charge in [0.05, 0.1) is 22.5 Å². The van der Waals surface area contributed by atoms with Crippen LogP contribution >= 0.6 is 0 Å². The van der Waals surface area contributed by atoms with Gasteiger partial charge in [-0.3, -0.25) is 0 Å². The first-order valence-corrected chi connectivity index (χ1v) is 8.78. The standard InChI is InChI=1S/C19H24N6/c1-13-5-7-16(8-6-13)25-15(3)17-14(2)20-21-19(18(17)22-25)24-11-9-23(4)10-12-24/h5-8H,9-12H2,1-4H3. The van der Waals surface area contributed by atoms with E-state index in [1.54, 1.807) is 0 Å². The highest BCUT2D eigenvalue weighted by molar-refractivity contribution is 5.92. The maximum Gasteiger partial charge on any atom is 0.179 e. The predicted octanol–water partition coefficient (Wildman–Crippen LogP) is 2.49. The Kier molecular flexibility index (Phi) is 3.92. The maximum atomic E-state index is 4.93. The molecule has 3 heterocycles. The highest BCUT2D eigenvalue weighted by Crippen LogP contribution is 2.29. The van der Waals surface area contributed by atoms with Crippen LogP contribution in [0.2, 0.25) is 0 Å². The van der Waals surface area contributed by atoms with E-state index in [1.165, 1.54) is 5.56 Å². The predicted molar refractivity (Wildman–Crippen MR) is 101 cm³/mol. The van der Waals surface area contributed by atoms with Gasteiger partial charge < -0.3 is 9.80 Å². The summed E-state index contributed by atoms with van der Waals surface area (Å²) in [6.07, 6.45) is 0. The molecule has 1 saturated heterocycles. The highest BCUT2D eigenvalue weighted by atomic mass is 15.3. The van der Waals surface area contributed by atoms with Crippen molar-refractivity contribution in [2.24, 2.45) is 0 Å². The monoisotopic (exact) mass is 336 g/mol. The van der Waals surface area contributed by atoms with Crippen molar-refractivity contribution in [3.63, 3.8) is 0 Å². The summed E-state index contributed by atoms with van der Waals surface area (Å²) in [5, 5.41) is 15.0. The van der Waals surface area contributed by atoms with Crippen molar-refractivity contribution in [3.05, 3.63) is 41.2 Å². The molecule has 0 saturated carbocycles. The van der Waals surface area contributed by atoms with Gasteiger partial charge in [0.15, 0.2) is 5.82 Å². The van der Waals surface area contributed by atoms with Gasteiger partial charge in [0, 0.05) is 26.2 Å². The van der Waals surface area contributed by atoms with E-state index in [0.717, 1.165) is 60.0 Å². The van der Waals surface area contributed by atoms with Crippen LogP contribution in [-0.4, -0.2) is 58.1 Å². The number of hydrogen-bond donors (Lipinski definition) is 0. The van der Waals surface area contributed by atoms with Gasteiger partial charge in [0.1, 0.15) is 5.52 Å². The van der Waals surface area contributed by atoms with Crippen LogP contribution in [-0.2, 0) is 0 Å². The van der Waals surface area contributed by atoms with Gasteiger partial charge in [0.25, 0.3) is 0 Å². The second kappa shape index (κ2) is 6.11. The van der Waals surface area contributed by atoms with Crippen molar-refractivity contribution in [1.82, 2.24) is 24.9 Å². The van der Waals surface area contributed by atoms with Crippen LogP contribution < -0.4 is 4.90 Å². The molecule has 0 unspecified atom stereocenters. The molecular formula is C19H24N6. The van der Waals surface area contributed by atoms with Crippen molar-refractivity contribution in [2.45, 2.75) is 20.8 Å².